The molecule has 0 radical (unpaired) electrons. The molecule has 0 unspecified atom stereocenters. The lowest BCUT2D eigenvalue weighted by Gasteiger charge is -2.16. The molecule has 0 amide bonds. The average molecular weight is 236 g/mol. The van der Waals surface area contributed by atoms with Gasteiger partial charge in [0.2, 0.25) is 0 Å². The van der Waals surface area contributed by atoms with Crippen molar-refractivity contribution in [1.29, 1.82) is 0 Å². The molecule has 0 aliphatic rings. The van der Waals surface area contributed by atoms with E-state index in [1.165, 1.54) is 6.07 Å². The zero-order valence-electron chi connectivity index (χ0n) is 10.2. The van der Waals surface area contributed by atoms with E-state index in [0.29, 0.717) is 5.56 Å². The van der Waals surface area contributed by atoms with Gasteiger partial charge < -0.3 is 9.84 Å². The predicted molar refractivity (Wildman–Crippen MR) is 65.4 cm³/mol. The van der Waals surface area contributed by atoms with Gasteiger partial charge in [0.05, 0.1) is 6.10 Å². The van der Waals surface area contributed by atoms with Crippen LogP contribution in [0.1, 0.15) is 32.3 Å². The maximum atomic E-state index is 13.5. The zero-order valence-corrected chi connectivity index (χ0v) is 10.2. The molecule has 2 nitrogen and oxygen atoms in total. The summed E-state index contributed by atoms with van der Waals surface area (Å²) < 4.78 is 19.1. The van der Waals surface area contributed by atoms with Crippen molar-refractivity contribution in [1.82, 2.24) is 0 Å². The number of ether oxygens (including phenoxy) is 1. The Morgan fingerprint density at radius 1 is 1.35 bits per heavy atom. The molecular formula is C14H17FO2. The predicted octanol–water partition coefficient (Wildman–Crippen LogP) is 2.74. The van der Waals surface area contributed by atoms with Crippen LogP contribution in [0.4, 0.5) is 4.39 Å². The van der Waals surface area contributed by atoms with Gasteiger partial charge in [-0.15, -0.1) is 0 Å². The maximum absolute atomic E-state index is 13.5. The lowest BCUT2D eigenvalue weighted by molar-refractivity contribution is 0.184. The number of benzene rings is 1. The van der Waals surface area contributed by atoms with Crippen molar-refractivity contribution >= 4 is 0 Å². The summed E-state index contributed by atoms with van der Waals surface area (Å²) in [5.74, 6) is 5.09. The number of aliphatic hydroxyl groups excluding tert-OH is 1. The highest BCUT2D eigenvalue weighted by Crippen LogP contribution is 2.21. The van der Waals surface area contributed by atoms with Gasteiger partial charge in [0.1, 0.15) is 6.61 Å². The van der Waals surface area contributed by atoms with E-state index in [2.05, 4.69) is 11.8 Å². The number of halogens is 1. The molecule has 0 fully saturated rings. The van der Waals surface area contributed by atoms with E-state index in [-0.39, 0.29) is 24.3 Å². The summed E-state index contributed by atoms with van der Waals surface area (Å²) in [6, 6.07) is 4.47. The Hall–Kier alpha value is -1.53. The SMILES string of the molecule is CCC(CC)Oc1cc(C#CCO)ccc1F. The van der Waals surface area contributed by atoms with Crippen LogP contribution >= 0.6 is 0 Å². The van der Waals surface area contributed by atoms with Crippen molar-refractivity contribution in [3.63, 3.8) is 0 Å². The molecule has 92 valence electrons. The van der Waals surface area contributed by atoms with Crippen LogP contribution in [0.25, 0.3) is 0 Å². The van der Waals surface area contributed by atoms with Gasteiger partial charge in [0.25, 0.3) is 0 Å². The zero-order chi connectivity index (χ0) is 12.7. The Morgan fingerprint density at radius 2 is 2.06 bits per heavy atom. The van der Waals surface area contributed by atoms with Crippen LogP contribution in [-0.2, 0) is 0 Å². The van der Waals surface area contributed by atoms with Crippen LogP contribution in [0, 0.1) is 17.7 Å². The van der Waals surface area contributed by atoms with Crippen molar-refractivity contribution in [2.45, 2.75) is 32.8 Å². The Bertz CT molecular complexity index is 414. The number of rotatable bonds is 4. The van der Waals surface area contributed by atoms with E-state index < -0.39 is 0 Å². The second-order valence-corrected chi connectivity index (χ2v) is 3.66. The first-order valence-corrected chi connectivity index (χ1v) is 5.77. The van der Waals surface area contributed by atoms with Crippen LogP contribution in [0.15, 0.2) is 18.2 Å². The topological polar surface area (TPSA) is 29.5 Å². The maximum Gasteiger partial charge on any atom is 0.165 e. The fourth-order valence-electron chi connectivity index (χ4n) is 1.45. The molecule has 1 rings (SSSR count). The number of hydrogen-bond donors (Lipinski definition) is 1. The van der Waals surface area contributed by atoms with Gasteiger partial charge >= 0.3 is 0 Å². The normalized spacial score (nSPS) is 9.94. The average Bonchev–Trinajstić information content (AvgIpc) is 2.36. The third-order valence-corrected chi connectivity index (χ3v) is 2.45. The Balaban J connectivity index is 2.90. The van der Waals surface area contributed by atoms with Crippen molar-refractivity contribution < 1.29 is 14.2 Å². The van der Waals surface area contributed by atoms with E-state index in [4.69, 9.17) is 9.84 Å². The minimum atomic E-state index is -0.383. The van der Waals surface area contributed by atoms with Crippen LogP contribution in [-0.4, -0.2) is 17.8 Å². The molecule has 1 aromatic carbocycles. The third kappa shape index (κ3) is 4.08. The second-order valence-electron chi connectivity index (χ2n) is 3.66. The van der Waals surface area contributed by atoms with Gasteiger partial charge in [-0.25, -0.2) is 4.39 Å². The molecule has 1 aromatic rings. The second kappa shape index (κ2) is 6.93. The lowest BCUT2D eigenvalue weighted by Crippen LogP contribution is -2.14. The summed E-state index contributed by atoms with van der Waals surface area (Å²) in [6.45, 7) is 3.79. The molecule has 0 bridgehead atoms. The molecule has 1 N–H and O–H groups in total. The summed E-state index contributed by atoms with van der Waals surface area (Å²) >= 11 is 0. The van der Waals surface area contributed by atoms with Crippen LogP contribution < -0.4 is 4.74 Å². The molecular weight excluding hydrogens is 219 g/mol. The van der Waals surface area contributed by atoms with Gasteiger partial charge in [-0.2, -0.15) is 0 Å². The molecule has 0 spiro atoms. The van der Waals surface area contributed by atoms with Gasteiger partial charge in [-0.3, -0.25) is 0 Å². The van der Waals surface area contributed by atoms with E-state index in [1.807, 2.05) is 13.8 Å². The van der Waals surface area contributed by atoms with E-state index >= 15 is 0 Å². The number of hydrogen-bond acceptors (Lipinski definition) is 2. The minimum absolute atomic E-state index is 0.0190. The van der Waals surface area contributed by atoms with Crippen molar-refractivity contribution in [2.75, 3.05) is 6.61 Å². The van der Waals surface area contributed by atoms with Gasteiger partial charge in [-0.1, -0.05) is 25.7 Å². The first kappa shape index (κ1) is 13.5. The van der Waals surface area contributed by atoms with Crippen LogP contribution in [0.5, 0.6) is 5.75 Å². The fraction of sp³-hybridized carbons (Fsp3) is 0.429. The lowest BCUT2D eigenvalue weighted by atomic mass is 10.2. The van der Waals surface area contributed by atoms with E-state index in [0.717, 1.165) is 12.8 Å². The molecule has 0 heterocycles. The quantitative estimate of drug-likeness (QED) is 0.814. The molecule has 0 saturated heterocycles. The molecule has 0 atom stereocenters. The van der Waals surface area contributed by atoms with Crippen LogP contribution in [0.2, 0.25) is 0 Å². The first-order chi connectivity index (χ1) is 8.21. The Labute approximate surface area is 101 Å². The number of aliphatic hydroxyl groups is 1. The van der Waals surface area contributed by atoms with E-state index in [1.54, 1.807) is 12.1 Å². The largest absolute Gasteiger partial charge is 0.487 e. The molecule has 0 aromatic heterocycles. The fourth-order valence-corrected chi connectivity index (χ4v) is 1.45. The van der Waals surface area contributed by atoms with Gasteiger partial charge in [0.15, 0.2) is 11.6 Å². The minimum Gasteiger partial charge on any atom is -0.487 e. The summed E-state index contributed by atoms with van der Waals surface area (Å²) in [5.41, 5.74) is 0.640. The highest BCUT2D eigenvalue weighted by atomic mass is 19.1. The third-order valence-electron chi connectivity index (χ3n) is 2.45. The highest BCUT2D eigenvalue weighted by Gasteiger charge is 2.09. The molecule has 17 heavy (non-hydrogen) atoms. The van der Waals surface area contributed by atoms with Crippen molar-refractivity contribution in [3.8, 4) is 17.6 Å². The summed E-state index contributed by atoms with van der Waals surface area (Å²) in [4.78, 5) is 0. The standard InChI is InChI=1S/C14H17FO2/c1-3-12(4-2)17-14-10-11(6-5-9-16)7-8-13(14)15/h7-8,10,12,16H,3-4,9H2,1-2H3. The molecule has 0 saturated carbocycles. The molecule has 3 heteroatoms. The smallest absolute Gasteiger partial charge is 0.165 e. The Kier molecular flexibility index (Phi) is 5.51. The summed E-state index contributed by atoms with van der Waals surface area (Å²) in [6.07, 6.45) is 1.69. The van der Waals surface area contributed by atoms with Crippen molar-refractivity contribution in [2.24, 2.45) is 0 Å². The summed E-state index contributed by atoms with van der Waals surface area (Å²) in [7, 11) is 0. The molecule has 0 aliphatic heterocycles. The molecule has 0 aliphatic carbocycles. The first-order valence-electron chi connectivity index (χ1n) is 5.77. The Morgan fingerprint density at radius 3 is 2.65 bits per heavy atom. The van der Waals surface area contributed by atoms with E-state index in [9.17, 15) is 4.39 Å². The van der Waals surface area contributed by atoms with Crippen LogP contribution in [0.3, 0.4) is 0 Å². The highest BCUT2D eigenvalue weighted by molar-refractivity contribution is 5.40. The van der Waals surface area contributed by atoms with Crippen molar-refractivity contribution in [3.05, 3.63) is 29.6 Å². The van der Waals surface area contributed by atoms with Gasteiger partial charge in [-0.05, 0) is 31.0 Å². The summed E-state index contributed by atoms with van der Waals surface area (Å²) in [5, 5.41) is 8.59. The monoisotopic (exact) mass is 236 g/mol. The van der Waals surface area contributed by atoms with Gasteiger partial charge in [0, 0.05) is 5.56 Å².